The smallest absolute Gasteiger partial charge is 0.345 e. The summed E-state index contributed by atoms with van der Waals surface area (Å²) in [5, 5.41) is 0. The molecule has 0 radical (unpaired) electrons. The van der Waals surface area contributed by atoms with Crippen LogP contribution in [-0.4, -0.2) is 62.1 Å². The van der Waals surface area contributed by atoms with Gasteiger partial charge < -0.3 is 14.2 Å². The molecule has 3 fully saturated rings. The Morgan fingerprint density at radius 2 is 1.89 bits per heavy atom. The molecule has 28 heavy (non-hydrogen) atoms. The first-order valence-corrected chi connectivity index (χ1v) is 10.3. The zero-order valence-electron chi connectivity index (χ0n) is 16.8. The lowest BCUT2D eigenvalue weighted by atomic mass is 9.80. The standard InChI is InChI=1S/C22H30FNO4/c1-26-18-6-4-16(5-7-18)19-14-24(15-22(19,23)20(25)27-2)17-8-11-21(12-9-17)10-3-13-28-21/h4-7,17,19H,3,8-15H2,1-2H3/t17-,19-,21+,22-/m0/s1. The van der Waals surface area contributed by atoms with E-state index in [4.69, 9.17) is 14.2 Å². The van der Waals surface area contributed by atoms with Crippen LogP contribution in [0.4, 0.5) is 4.39 Å². The topological polar surface area (TPSA) is 48.0 Å². The van der Waals surface area contributed by atoms with Crippen LogP contribution in [0.25, 0.3) is 0 Å². The second-order valence-corrected chi connectivity index (χ2v) is 8.48. The Morgan fingerprint density at radius 3 is 2.46 bits per heavy atom. The van der Waals surface area contributed by atoms with Crippen molar-refractivity contribution in [2.24, 2.45) is 0 Å². The van der Waals surface area contributed by atoms with Gasteiger partial charge in [-0.1, -0.05) is 12.1 Å². The molecule has 0 amide bonds. The average Bonchev–Trinajstić information content (AvgIpc) is 3.33. The van der Waals surface area contributed by atoms with Crippen LogP contribution >= 0.6 is 0 Å². The Bertz CT molecular complexity index is 693. The third-order valence-electron chi connectivity index (χ3n) is 7.01. The predicted octanol–water partition coefficient (Wildman–Crippen LogP) is 3.47. The maximum Gasteiger partial charge on any atom is 0.345 e. The summed E-state index contributed by atoms with van der Waals surface area (Å²) in [6.45, 7) is 1.48. The van der Waals surface area contributed by atoms with Gasteiger partial charge in [0.05, 0.1) is 19.8 Å². The largest absolute Gasteiger partial charge is 0.497 e. The van der Waals surface area contributed by atoms with E-state index < -0.39 is 17.6 Å². The Morgan fingerprint density at radius 1 is 1.18 bits per heavy atom. The van der Waals surface area contributed by atoms with Crippen molar-refractivity contribution >= 4 is 5.97 Å². The first kappa shape index (κ1) is 19.6. The average molecular weight is 391 g/mol. The molecule has 2 saturated heterocycles. The van der Waals surface area contributed by atoms with Crippen LogP contribution < -0.4 is 4.74 Å². The number of methoxy groups -OCH3 is 2. The number of benzene rings is 1. The Hall–Kier alpha value is -1.66. The van der Waals surface area contributed by atoms with Crippen molar-refractivity contribution in [1.29, 1.82) is 0 Å². The lowest BCUT2D eigenvalue weighted by molar-refractivity contribution is -0.155. The highest BCUT2D eigenvalue weighted by molar-refractivity contribution is 5.82. The quantitative estimate of drug-likeness (QED) is 0.736. The van der Waals surface area contributed by atoms with Crippen molar-refractivity contribution in [2.75, 3.05) is 33.9 Å². The second-order valence-electron chi connectivity index (χ2n) is 8.48. The summed E-state index contributed by atoms with van der Waals surface area (Å²) in [6, 6.07) is 7.63. The molecular weight excluding hydrogens is 361 g/mol. The van der Waals surface area contributed by atoms with Crippen LogP contribution in [0.1, 0.15) is 50.0 Å². The number of esters is 1. The van der Waals surface area contributed by atoms with E-state index in [1.165, 1.54) is 7.11 Å². The Kier molecular flexibility index (Phi) is 5.36. The molecule has 0 aromatic heterocycles. The monoisotopic (exact) mass is 391 g/mol. The van der Waals surface area contributed by atoms with Crippen LogP contribution in [0.2, 0.25) is 0 Å². The van der Waals surface area contributed by atoms with Gasteiger partial charge in [-0.15, -0.1) is 0 Å². The predicted molar refractivity (Wildman–Crippen MR) is 103 cm³/mol. The summed E-state index contributed by atoms with van der Waals surface area (Å²) >= 11 is 0. The number of hydrogen-bond acceptors (Lipinski definition) is 5. The van der Waals surface area contributed by atoms with Gasteiger partial charge in [0, 0.05) is 31.7 Å². The van der Waals surface area contributed by atoms with Gasteiger partial charge in [-0.2, -0.15) is 0 Å². The van der Waals surface area contributed by atoms with Crippen molar-refractivity contribution < 1.29 is 23.4 Å². The summed E-state index contributed by atoms with van der Waals surface area (Å²) in [6.07, 6.45) is 6.32. The van der Waals surface area contributed by atoms with E-state index in [1.54, 1.807) is 7.11 Å². The molecule has 4 rings (SSSR count). The summed E-state index contributed by atoms with van der Waals surface area (Å²) < 4.78 is 32.1. The highest BCUT2D eigenvalue weighted by Crippen LogP contribution is 2.45. The molecule has 6 heteroatoms. The molecule has 0 N–H and O–H groups in total. The minimum atomic E-state index is -2.03. The molecule has 154 valence electrons. The Labute approximate surface area is 166 Å². The van der Waals surface area contributed by atoms with Crippen molar-refractivity contribution in [3.05, 3.63) is 29.8 Å². The van der Waals surface area contributed by atoms with Crippen molar-refractivity contribution in [3.63, 3.8) is 0 Å². The van der Waals surface area contributed by atoms with E-state index in [0.29, 0.717) is 6.54 Å². The highest BCUT2D eigenvalue weighted by atomic mass is 19.1. The molecular formula is C22H30FNO4. The van der Waals surface area contributed by atoms with Crippen LogP contribution in [0, 0.1) is 0 Å². The molecule has 1 saturated carbocycles. The van der Waals surface area contributed by atoms with Crippen LogP contribution in [-0.2, 0) is 14.3 Å². The summed E-state index contributed by atoms with van der Waals surface area (Å²) in [5.41, 5.74) is -1.16. The minimum absolute atomic E-state index is 0.0563. The molecule has 2 aliphatic heterocycles. The van der Waals surface area contributed by atoms with E-state index in [2.05, 4.69) is 4.90 Å². The van der Waals surface area contributed by atoms with Crippen molar-refractivity contribution in [3.8, 4) is 5.75 Å². The Balaban J connectivity index is 1.52. The lowest BCUT2D eigenvalue weighted by Gasteiger charge is -2.40. The fraction of sp³-hybridized carbons (Fsp3) is 0.682. The fourth-order valence-corrected chi connectivity index (χ4v) is 5.35. The number of carbonyl (C=O) groups is 1. The van der Waals surface area contributed by atoms with Gasteiger partial charge in [0.1, 0.15) is 5.75 Å². The zero-order valence-corrected chi connectivity index (χ0v) is 16.8. The van der Waals surface area contributed by atoms with Gasteiger partial charge in [0.25, 0.3) is 0 Å². The molecule has 0 bridgehead atoms. The minimum Gasteiger partial charge on any atom is -0.497 e. The number of carbonyl (C=O) groups excluding carboxylic acids is 1. The van der Waals surface area contributed by atoms with Crippen molar-refractivity contribution in [2.45, 2.75) is 61.8 Å². The molecule has 0 unspecified atom stereocenters. The van der Waals surface area contributed by atoms with Crippen LogP contribution in [0.3, 0.4) is 0 Å². The molecule has 1 spiro atoms. The van der Waals surface area contributed by atoms with Gasteiger partial charge in [0.15, 0.2) is 0 Å². The maximum atomic E-state index is 16.0. The second kappa shape index (κ2) is 7.64. The molecule has 2 heterocycles. The first-order chi connectivity index (χ1) is 13.5. The normalized spacial score (nSPS) is 36.0. The number of alkyl halides is 1. The summed E-state index contributed by atoms with van der Waals surface area (Å²) in [7, 11) is 2.86. The third-order valence-corrected chi connectivity index (χ3v) is 7.01. The van der Waals surface area contributed by atoms with E-state index in [-0.39, 0.29) is 18.2 Å². The molecule has 2 atom stereocenters. The number of hydrogen-bond donors (Lipinski definition) is 0. The van der Waals surface area contributed by atoms with Gasteiger partial charge in [0.2, 0.25) is 5.67 Å². The molecule has 1 aliphatic carbocycles. The SMILES string of the molecule is COC(=O)[C@]1(F)CN([C@H]2CC[C@]3(CCCO3)CC2)C[C@H]1c1ccc(OC)cc1. The van der Waals surface area contributed by atoms with E-state index in [9.17, 15) is 4.79 Å². The van der Waals surface area contributed by atoms with Crippen molar-refractivity contribution in [1.82, 2.24) is 4.90 Å². The number of rotatable bonds is 4. The van der Waals surface area contributed by atoms with E-state index in [0.717, 1.165) is 56.4 Å². The summed E-state index contributed by atoms with van der Waals surface area (Å²) in [5.74, 6) is -0.595. The molecule has 3 aliphatic rings. The van der Waals surface area contributed by atoms with Gasteiger partial charge in [-0.05, 0) is 56.2 Å². The first-order valence-electron chi connectivity index (χ1n) is 10.3. The number of nitrogens with zero attached hydrogens (tertiary/aromatic N) is 1. The third kappa shape index (κ3) is 3.41. The molecule has 1 aromatic rings. The highest BCUT2D eigenvalue weighted by Gasteiger charge is 2.56. The van der Waals surface area contributed by atoms with Crippen LogP contribution in [0.15, 0.2) is 24.3 Å². The van der Waals surface area contributed by atoms with Gasteiger partial charge in [-0.25, -0.2) is 9.18 Å². The fourth-order valence-electron chi connectivity index (χ4n) is 5.35. The number of halogens is 1. The van der Waals surface area contributed by atoms with Crippen LogP contribution in [0.5, 0.6) is 5.75 Å². The zero-order chi connectivity index (χ0) is 19.8. The van der Waals surface area contributed by atoms with Gasteiger partial charge >= 0.3 is 5.97 Å². The summed E-state index contributed by atoms with van der Waals surface area (Å²) in [4.78, 5) is 14.6. The maximum absolute atomic E-state index is 16.0. The number of ether oxygens (including phenoxy) is 3. The molecule has 1 aromatic carbocycles. The number of likely N-dealkylation sites (tertiary alicyclic amines) is 1. The van der Waals surface area contributed by atoms with Gasteiger partial charge in [-0.3, -0.25) is 4.90 Å². The van der Waals surface area contributed by atoms with E-state index >= 15 is 4.39 Å². The molecule has 5 nitrogen and oxygen atoms in total. The van der Waals surface area contributed by atoms with E-state index in [1.807, 2.05) is 24.3 Å². The lowest BCUT2D eigenvalue weighted by Crippen LogP contribution is -2.45.